The second-order valence-electron chi connectivity index (χ2n) is 5.80. The smallest absolute Gasteiger partial charge is 0.253 e. The molecule has 21 heavy (non-hydrogen) atoms. The summed E-state index contributed by atoms with van der Waals surface area (Å²) in [4.78, 5) is 19.0. The maximum atomic E-state index is 12.4. The average Bonchev–Trinajstić information content (AvgIpc) is 2.47. The normalized spacial score (nSPS) is 16.5. The molecule has 0 bridgehead atoms. The molecule has 1 aromatic carbocycles. The highest BCUT2D eigenvalue weighted by Gasteiger charge is 2.21. The van der Waals surface area contributed by atoms with Crippen LogP contribution in [0.3, 0.4) is 0 Å². The Bertz CT molecular complexity index is 470. The molecule has 0 saturated carbocycles. The largest absolute Gasteiger partial charge is 0.336 e. The number of hydrogen-bond acceptors (Lipinski definition) is 3. The molecule has 2 rings (SSSR count). The quantitative estimate of drug-likeness (QED) is 0.833. The topological polar surface area (TPSA) is 26.8 Å². The lowest BCUT2D eigenvalue weighted by Crippen LogP contribution is -2.49. The number of benzene rings is 1. The van der Waals surface area contributed by atoms with E-state index in [1.807, 2.05) is 17.0 Å². The zero-order chi connectivity index (χ0) is 15.2. The minimum absolute atomic E-state index is 0.0884. The Morgan fingerprint density at radius 1 is 1.24 bits per heavy atom. The third kappa shape index (κ3) is 4.99. The summed E-state index contributed by atoms with van der Waals surface area (Å²) in [6, 6.07) is 7.19. The Morgan fingerprint density at radius 3 is 2.57 bits per heavy atom. The van der Waals surface area contributed by atoms with E-state index in [1.165, 1.54) is 6.42 Å². The minimum Gasteiger partial charge on any atom is -0.336 e. The van der Waals surface area contributed by atoms with E-state index in [0.717, 1.165) is 39.3 Å². The monoisotopic (exact) mass is 309 g/mol. The van der Waals surface area contributed by atoms with Gasteiger partial charge in [-0.25, -0.2) is 0 Å². The molecule has 4 nitrogen and oxygen atoms in total. The summed E-state index contributed by atoms with van der Waals surface area (Å²) in [5.41, 5.74) is 0.684. The van der Waals surface area contributed by atoms with Gasteiger partial charge in [-0.1, -0.05) is 17.7 Å². The third-order valence-corrected chi connectivity index (χ3v) is 4.05. The summed E-state index contributed by atoms with van der Waals surface area (Å²) < 4.78 is 0. The molecule has 0 atom stereocenters. The number of nitrogens with zero attached hydrogens (tertiary/aromatic N) is 3. The lowest BCUT2D eigenvalue weighted by Gasteiger charge is -2.35. The van der Waals surface area contributed by atoms with Crippen LogP contribution >= 0.6 is 11.6 Å². The highest BCUT2D eigenvalue weighted by Crippen LogP contribution is 2.14. The molecule has 116 valence electrons. The minimum atomic E-state index is 0.0884. The second kappa shape index (κ2) is 7.78. The van der Waals surface area contributed by atoms with Gasteiger partial charge < -0.3 is 9.80 Å². The molecule has 1 aliphatic rings. The first-order chi connectivity index (χ1) is 10.1. The van der Waals surface area contributed by atoms with E-state index in [2.05, 4.69) is 23.9 Å². The number of halogens is 1. The molecule has 1 fully saturated rings. The Labute approximate surface area is 132 Å². The maximum absolute atomic E-state index is 12.4. The van der Waals surface area contributed by atoms with E-state index in [9.17, 15) is 4.79 Å². The van der Waals surface area contributed by atoms with Crippen molar-refractivity contribution in [3.63, 3.8) is 0 Å². The zero-order valence-electron chi connectivity index (χ0n) is 12.9. The fourth-order valence-corrected chi connectivity index (χ4v) is 2.78. The van der Waals surface area contributed by atoms with Crippen LogP contribution in [0.4, 0.5) is 0 Å². The van der Waals surface area contributed by atoms with E-state index in [0.29, 0.717) is 10.6 Å². The Balaban J connectivity index is 1.79. The molecule has 0 radical (unpaired) electrons. The van der Waals surface area contributed by atoms with Gasteiger partial charge in [0.1, 0.15) is 0 Å². The Kier molecular flexibility index (Phi) is 6.03. The van der Waals surface area contributed by atoms with Gasteiger partial charge in [0.15, 0.2) is 0 Å². The number of carbonyl (C=O) groups excluding carboxylic acids is 1. The Morgan fingerprint density at radius 2 is 1.95 bits per heavy atom. The molecular formula is C16H24ClN3O. The van der Waals surface area contributed by atoms with Gasteiger partial charge in [-0.2, -0.15) is 0 Å². The average molecular weight is 310 g/mol. The van der Waals surface area contributed by atoms with E-state index >= 15 is 0 Å². The van der Waals surface area contributed by atoms with Crippen molar-refractivity contribution >= 4 is 17.5 Å². The molecule has 0 spiro atoms. The molecule has 0 aromatic heterocycles. The van der Waals surface area contributed by atoms with Gasteiger partial charge in [0.05, 0.1) is 0 Å². The number of carbonyl (C=O) groups is 1. The number of piperazine rings is 1. The summed E-state index contributed by atoms with van der Waals surface area (Å²) in [7, 11) is 4.20. The van der Waals surface area contributed by atoms with E-state index in [4.69, 9.17) is 11.6 Å². The van der Waals surface area contributed by atoms with Crippen LogP contribution in [0.15, 0.2) is 24.3 Å². The molecular weight excluding hydrogens is 286 g/mol. The van der Waals surface area contributed by atoms with E-state index in [1.54, 1.807) is 12.1 Å². The highest BCUT2D eigenvalue weighted by molar-refractivity contribution is 6.30. The van der Waals surface area contributed by atoms with Crippen molar-refractivity contribution in [2.45, 2.75) is 6.42 Å². The fourth-order valence-electron chi connectivity index (χ4n) is 2.59. The molecule has 0 N–H and O–H groups in total. The number of rotatable bonds is 5. The number of hydrogen-bond donors (Lipinski definition) is 0. The Hall–Kier alpha value is -1.10. The molecule has 5 heteroatoms. The summed E-state index contributed by atoms with van der Waals surface area (Å²) in [5.74, 6) is 0.0884. The van der Waals surface area contributed by atoms with Crippen molar-refractivity contribution in [1.29, 1.82) is 0 Å². The molecule has 0 unspecified atom stereocenters. The van der Waals surface area contributed by atoms with Crippen LogP contribution < -0.4 is 0 Å². The summed E-state index contributed by atoms with van der Waals surface area (Å²) >= 11 is 5.95. The van der Waals surface area contributed by atoms with Gasteiger partial charge in [-0.05, 0) is 51.8 Å². The first-order valence-electron chi connectivity index (χ1n) is 7.48. The van der Waals surface area contributed by atoms with Gasteiger partial charge in [0.25, 0.3) is 5.91 Å². The van der Waals surface area contributed by atoms with Crippen LogP contribution in [0.25, 0.3) is 0 Å². The molecule has 0 aliphatic carbocycles. The lowest BCUT2D eigenvalue weighted by molar-refractivity contribution is 0.0634. The standard InChI is InChI=1S/C16H24ClN3O/c1-18(2)7-4-8-19-9-11-20(12-10-19)16(21)14-5-3-6-15(17)13-14/h3,5-6,13H,4,7-12H2,1-2H3. The SMILES string of the molecule is CN(C)CCCN1CCN(C(=O)c2cccc(Cl)c2)CC1. The van der Waals surface area contributed by atoms with Crippen molar-refractivity contribution in [3.05, 3.63) is 34.9 Å². The molecule has 1 aliphatic heterocycles. The highest BCUT2D eigenvalue weighted by atomic mass is 35.5. The van der Waals surface area contributed by atoms with Crippen molar-refractivity contribution in [2.24, 2.45) is 0 Å². The van der Waals surface area contributed by atoms with Crippen LogP contribution in [0.5, 0.6) is 0 Å². The van der Waals surface area contributed by atoms with Crippen molar-refractivity contribution in [2.75, 3.05) is 53.4 Å². The van der Waals surface area contributed by atoms with Crippen LogP contribution in [0.2, 0.25) is 5.02 Å². The van der Waals surface area contributed by atoms with Crippen LogP contribution in [-0.2, 0) is 0 Å². The van der Waals surface area contributed by atoms with Gasteiger partial charge >= 0.3 is 0 Å². The fraction of sp³-hybridized carbons (Fsp3) is 0.562. The van der Waals surface area contributed by atoms with Crippen molar-refractivity contribution < 1.29 is 4.79 Å². The van der Waals surface area contributed by atoms with Crippen LogP contribution in [0.1, 0.15) is 16.8 Å². The molecule has 1 aromatic rings. The predicted molar refractivity (Wildman–Crippen MR) is 87.0 cm³/mol. The van der Waals surface area contributed by atoms with Gasteiger partial charge in [-0.3, -0.25) is 9.69 Å². The van der Waals surface area contributed by atoms with E-state index in [-0.39, 0.29) is 5.91 Å². The zero-order valence-corrected chi connectivity index (χ0v) is 13.6. The summed E-state index contributed by atoms with van der Waals surface area (Å²) in [6.45, 7) is 5.74. The van der Waals surface area contributed by atoms with Crippen molar-refractivity contribution in [1.82, 2.24) is 14.7 Å². The van der Waals surface area contributed by atoms with Crippen LogP contribution in [-0.4, -0.2) is 74.0 Å². The van der Waals surface area contributed by atoms with E-state index < -0.39 is 0 Å². The summed E-state index contributed by atoms with van der Waals surface area (Å²) in [5, 5.41) is 0.614. The molecule has 1 saturated heterocycles. The predicted octanol–water partition coefficient (Wildman–Crippen LogP) is 2.05. The first-order valence-corrected chi connectivity index (χ1v) is 7.86. The van der Waals surface area contributed by atoms with Crippen molar-refractivity contribution in [3.8, 4) is 0 Å². The van der Waals surface area contributed by atoms with Gasteiger partial charge in [0, 0.05) is 36.8 Å². The molecule has 1 heterocycles. The maximum Gasteiger partial charge on any atom is 0.253 e. The van der Waals surface area contributed by atoms with Crippen LogP contribution in [0, 0.1) is 0 Å². The molecule has 1 amide bonds. The number of amides is 1. The second-order valence-corrected chi connectivity index (χ2v) is 6.24. The third-order valence-electron chi connectivity index (χ3n) is 3.81. The lowest BCUT2D eigenvalue weighted by atomic mass is 10.2. The van der Waals surface area contributed by atoms with Gasteiger partial charge in [-0.15, -0.1) is 0 Å². The summed E-state index contributed by atoms with van der Waals surface area (Å²) in [6.07, 6.45) is 1.18. The van der Waals surface area contributed by atoms with Gasteiger partial charge in [0.2, 0.25) is 0 Å². The first kappa shape index (κ1) is 16.3.